The summed E-state index contributed by atoms with van der Waals surface area (Å²) in [6, 6.07) is 16.1. The molecule has 1 unspecified atom stereocenters. The van der Waals surface area contributed by atoms with Gasteiger partial charge in [0.25, 0.3) is 5.91 Å². The summed E-state index contributed by atoms with van der Waals surface area (Å²) in [5.74, 6) is 1.31. The Morgan fingerprint density at radius 3 is 2.31 bits per heavy atom. The molecule has 2 fully saturated rings. The smallest absolute Gasteiger partial charge is 0.254 e. The van der Waals surface area contributed by atoms with Crippen molar-refractivity contribution in [2.45, 2.75) is 44.4 Å². The number of likely N-dealkylation sites (tertiary alicyclic amines) is 2. The van der Waals surface area contributed by atoms with E-state index in [1.165, 1.54) is 21.3 Å². The minimum absolute atomic E-state index is 0.0413. The monoisotopic (exact) mass is 660 g/mol. The van der Waals surface area contributed by atoms with Crippen molar-refractivity contribution >= 4 is 22.7 Å². The van der Waals surface area contributed by atoms with Crippen molar-refractivity contribution in [1.29, 1.82) is 0 Å². The number of methoxy groups -OCH3 is 3. The number of alkyl halides is 2. The number of para-hydroxylation sites is 2. The minimum Gasteiger partial charge on any atom is -0.493 e. The second-order valence-electron chi connectivity index (χ2n) is 12.8. The molecule has 0 saturated carbocycles. The van der Waals surface area contributed by atoms with Crippen LogP contribution in [-0.2, 0) is 18.8 Å². The highest BCUT2D eigenvalue weighted by Crippen LogP contribution is 2.43. The van der Waals surface area contributed by atoms with Crippen molar-refractivity contribution in [2.24, 2.45) is 5.92 Å². The summed E-state index contributed by atoms with van der Waals surface area (Å²) in [7, 11) is 4.52. The van der Waals surface area contributed by atoms with Crippen molar-refractivity contribution in [2.75, 3.05) is 54.1 Å². The molecule has 48 heavy (non-hydrogen) atoms. The number of ether oxygens (including phenoxy) is 3. The standard InChI is InChI=1S/C37H42F2N4O5/c1-46-31-19-26(20-32(47-2)34(31)48-3)36(45)43-17-13-37(23-43,28-9-8-24(21-38)18-27(28)22-39)12-16-42-14-10-25(11-15-42)33(44)35-40-29-6-4-5-7-30(29)41-35/h4-9,18-20,25H,10-17,21-23H2,1-3H3,(H,40,41). The summed E-state index contributed by atoms with van der Waals surface area (Å²) in [5, 5.41) is 0. The Hall–Kier alpha value is -4.51. The Morgan fingerprint density at radius 2 is 1.67 bits per heavy atom. The first-order valence-electron chi connectivity index (χ1n) is 16.4. The predicted octanol–water partition coefficient (Wildman–Crippen LogP) is 6.30. The number of hydrogen-bond donors (Lipinski definition) is 1. The fraction of sp³-hybridized carbons (Fsp3) is 0.432. The van der Waals surface area contributed by atoms with Crippen LogP contribution in [0.1, 0.15) is 63.4 Å². The number of nitrogens with zero attached hydrogens (tertiary/aromatic N) is 3. The van der Waals surface area contributed by atoms with Gasteiger partial charge >= 0.3 is 0 Å². The van der Waals surface area contributed by atoms with E-state index in [0.29, 0.717) is 72.2 Å². The number of carbonyl (C=O) groups excluding carboxylic acids is 2. The Morgan fingerprint density at radius 1 is 0.938 bits per heavy atom. The van der Waals surface area contributed by atoms with E-state index in [0.717, 1.165) is 42.5 Å². The fourth-order valence-electron chi connectivity index (χ4n) is 7.40. The van der Waals surface area contributed by atoms with Crippen LogP contribution >= 0.6 is 0 Å². The number of amides is 1. The van der Waals surface area contributed by atoms with Crippen molar-refractivity contribution < 1.29 is 32.6 Å². The lowest BCUT2D eigenvalue weighted by Crippen LogP contribution is -2.41. The Balaban J connectivity index is 1.19. The maximum Gasteiger partial charge on any atom is 0.254 e. The normalized spacial score (nSPS) is 18.7. The largest absolute Gasteiger partial charge is 0.493 e. The number of nitrogens with one attached hydrogen (secondary N) is 1. The zero-order chi connectivity index (χ0) is 33.8. The average Bonchev–Trinajstić information content (AvgIpc) is 3.78. The molecule has 1 amide bonds. The molecule has 0 aliphatic carbocycles. The van der Waals surface area contributed by atoms with Crippen molar-refractivity contribution in [3.63, 3.8) is 0 Å². The molecule has 0 spiro atoms. The molecule has 1 aromatic heterocycles. The number of aromatic amines is 1. The fourth-order valence-corrected chi connectivity index (χ4v) is 7.40. The predicted molar refractivity (Wildman–Crippen MR) is 179 cm³/mol. The van der Waals surface area contributed by atoms with Crippen LogP contribution in [0.5, 0.6) is 17.2 Å². The van der Waals surface area contributed by atoms with Crippen LogP contribution < -0.4 is 14.2 Å². The van der Waals surface area contributed by atoms with E-state index < -0.39 is 18.8 Å². The van der Waals surface area contributed by atoms with Gasteiger partial charge in [0.2, 0.25) is 11.5 Å². The molecule has 254 valence electrons. The quantitative estimate of drug-likeness (QED) is 0.178. The number of hydrogen-bond acceptors (Lipinski definition) is 7. The van der Waals surface area contributed by atoms with Crippen molar-refractivity contribution in [1.82, 2.24) is 19.8 Å². The zero-order valence-electron chi connectivity index (χ0n) is 27.7. The third-order valence-electron chi connectivity index (χ3n) is 10.1. The van der Waals surface area contributed by atoms with Crippen molar-refractivity contribution in [3.05, 3.63) is 82.7 Å². The van der Waals surface area contributed by atoms with Gasteiger partial charge in [-0.1, -0.05) is 30.3 Å². The Bertz CT molecular complexity index is 1730. The first-order valence-corrected chi connectivity index (χ1v) is 16.4. The number of fused-ring (bicyclic) bond motifs is 1. The highest BCUT2D eigenvalue weighted by Gasteiger charge is 2.43. The lowest BCUT2D eigenvalue weighted by molar-refractivity contribution is 0.0777. The van der Waals surface area contributed by atoms with Gasteiger partial charge in [-0.2, -0.15) is 0 Å². The maximum atomic E-state index is 14.5. The molecule has 3 aromatic carbocycles. The van der Waals surface area contributed by atoms with Gasteiger partial charge in [0.1, 0.15) is 13.3 Å². The van der Waals surface area contributed by atoms with E-state index in [2.05, 4.69) is 14.9 Å². The summed E-state index contributed by atoms with van der Waals surface area (Å²) in [5.41, 5.74) is 3.21. The third kappa shape index (κ3) is 6.48. The highest BCUT2D eigenvalue weighted by molar-refractivity contribution is 5.97. The van der Waals surface area contributed by atoms with Gasteiger partial charge in [-0.05, 0) is 86.3 Å². The molecule has 3 heterocycles. The van der Waals surface area contributed by atoms with Crippen LogP contribution in [-0.4, -0.2) is 85.5 Å². The summed E-state index contributed by atoms with van der Waals surface area (Å²) >= 11 is 0. The van der Waals surface area contributed by atoms with Gasteiger partial charge in [-0.15, -0.1) is 0 Å². The molecule has 9 nitrogen and oxygen atoms in total. The minimum atomic E-state index is -0.721. The summed E-state index contributed by atoms with van der Waals surface area (Å²) < 4.78 is 44.5. The van der Waals surface area contributed by atoms with Crippen LogP contribution in [0.15, 0.2) is 54.6 Å². The molecule has 0 radical (unpaired) electrons. The number of carbonyl (C=O) groups is 2. The van der Waals surface area contributed by atoms with Gasteiger partial charge in [0.05, 0.1) is 32.4 Å². The first kappa shape index (κ1) is 33.4. The number of H-pyrrole nitrogens is 1. The van der Waals surface area contributed by atoms with Crippen molar-refractivity contribution in [3.8, 4) is 17.2 Å². The number of Topliss-reactive ketones (excluding diaryl/α,β-unsaturated/α-hetero) is 1. The number of halogens is 2. The first-order chi connectivity index (χ1) is 23.3. The van der Waals surface area contributed by atoms with Crippen LogP contribution in [0.2, 0.25) is 0 Å². The van der Waals surface area contributed by atoms with Gasteiger partial charge in [0, 0.05) is 30.0 Å². The number of ketones is 1. The lowest BCUT2D eigenvalue weighted by atomic mass is 9.74. The van der Waals surface area contributed by atoms with E-state index >= 15 is 0 Å². The van der Waals surface area contributed by atoms with Gasteiger partial charge in [0.15, 0.2) is 17.3 Å². The molecule has 11 heteroatoms. The molecule has 0 bridgehead atoms. The van der Waals surface area contributed by atoms with Gasteiger partial charge in [-0.25, -0.2) is 13.8 Å². The third-order valence-corrected chi connectivity index (χ3v) is 10.1. The second kappa shape index (κ2) is 14.3. The van der Waals surface area contributed by atoms with Gasteiger partial charge in [-0.3, -0.25) is 9.59 Å². The van der Waals surface area contributed by atoms with E-state index in [1.807, 2.05) is 30.3 Å². The molecule has 2 aliphatic heterocycles. The summed E-state index contributed by atoms with van der Waals surface area (Å²) in [6.45, 7) is 1.67. The molecule has 6 rings (SSSR count). The Kier molecular flexibility index (Phi) is 9.96. The molecule has 2 saturated heterocycles. The molecule has 1 atom stereocenters. The van der Waals surface area contributed by atoms with E-state index in [-0.39, 0.29) is 17.6 Å². The van der Waals surface area contributed by atoms with Crippen LogP contribution in [0, 0.1) is 5.92 Å². The number of benzene rings is 3. The van der Waals surface area contributed by atoms with Crippen LogP contribution in [0.4, 0.5) is 8.78 Å². The molecular weight excluding hydrogens is 618 g/mol. The van der Waals surface area contributed by atoms with E-state index in [9.17, 15) is 18.4 Å². The SMILES string of the molecule is COc1cc(C(=O)N2CCC(CCN3CCC(C(=O)c4nc5ccccc5[nH]4)CC3)(c3ccc(CF)cc3CF)C2)cc(OC)c1OC. The van der Waals surface area contributed by atoms with Crippen LogP contribution in [0.3, 0.4) is 0 Å². The van der Waals surface area contributed by atoms with E-state index in [1.54, 1.807) is 29.2 Å². The number of aromatic nitrogens is 2. The maximum absolute atomic E-state index is 14.5. The van der Waals surface area contributed by atoms with E-state index in [4.69, 9.17) is 14.2 Å². The molecular formula is C37H42F2N4O5. The Labute approximate surface area is 279 Å². The molecule has 2 aliphatic rings. The number of rotatable bonds is 12. The van der Waals surface area contributed by atoms with Crippen LogP contribution in [0.25, 0.3) is 11.0 Å². The number of piperidine rings is 1. The molecule has 1 N–H and O–H groups in total. The zero-order valence-corrected chi connectivity index (χ0v) is 27.7. The lowest BCUT2D eigenvalue weighted by Gasteiger charge is -2.36. The second-order valence-corrected chi connectivity index (χ2v) is 12.8. The topological polar surface area (TPSA) is 97.0 Å². The molecule has 4 aromatic rings. The average molecular weight is 661 g/mol. The summed E-state index contributed by atoms with van der Waals surface area (Å²) in [6.07, 6.45) is 2.74. The summed E-state index contributed by atoms with van der Waals surface area (Å²) in [4.78, 5) is 39.1. The number of imidazole rings is 1. The highest BCUT2D eigenvalue weighted by atomic mass is 19.1. The van der Waals surface area contributed by atoms with Gasteiger partial charge < -0.3 is 29.0 Å².